The number of nitrogens with one attached hydrogen (secondary N) is 1. The van der Waals surface area contributed by atoms with Gasteiger partial charge in [-0.2, -0.15) is 0 Å². The smallest absolute Gasteiger partial charge is 0.326 e. The molecule has 0 aliphatic rings. The number of anilines is 2. The van der Waals surface area contributed by atoms with Gasteiger partial charge in [0.1, 0.15) is 12.1 Å². The summed E-state index contributed by atoms with van der Waals surface area (Å²) >= 11 is 0. The molecule has 0 saturated heterocycles. The first-order valence-corrected chi connectivity index (χ1v) is 7.43. The second kappa shape index (κ2) is 7.45. The quantitative estimate of drug-likeness (QED) is 0.860. The van der Waals surface area contributed by atoms with E-state index in [4.69, 9.17) is 0 Å². The van der Waals surface area contributed by atoms with Crippen LogP contribution in [0.3, 0.4) is 0 Å². The molecule has 0 bridgehead atoms. The molecule has 23 heavy (non-hydrogen) atoms. The van der Waals surface area contributed by atoms with Gasteiger partial charge in [0.25, 0.3) is 0 Å². The highest BCUT2D eigenvalue weighted by atomic mass is 16.4. The van der Waals surface area contributed by atoms with Crippen molar-refractivity contribution in [3.63, 3.8) is 0 Å². The summed E-state index contributed by atoms with van der Waals surface area (Å²) in [4.78, 5) is 25.5. The number of carboxylic acid groups (broad SMARTS) is 1. The Labute approximate surface area is 135 Å². The maximum absolute atomic E-state index is 12.8. The lowest BCUT2D eigenvalue weighted by atomic mass is 10.1. The zero-order chi connectivity index (χ0) is 16.8. The van der Waals surface area contributed by atoms with Gasteiger partial charge < -0.3 is 10.4 Å². The number of nitrogens with zero attached hydrogens (tertiary/aromatic N) is 1. The van der Waals surface area contributed by atoms with E-state index in [1.165, 1.54) is 11.8 Å². The molecule has 2 unspecified atom stereocenters. The zero-order valence-corrected chi connectivity index (χ0v) is 13.1. The van der Waals surface area contributed by atoms with E-state index in [1.807, 2.05) is 36.4 Å². The first-order valence-electron chi connectivity index (χ1n) is 7.43. The Bertz CT molecular complexity index is 658. The molecule has 2 atom stereocenters. The van der Waals surface area contributed by atoms with Crippen molar-refractivity contribution in [3.8, 4) is 0 Å². The first-order chi connectivity index (χ1) is 11.0. The molecule has 0 aliphatic carbocycles. The van der Waals surface area contributed by atoms with Crippen LogP contribution in [0, 0.1) is 0 Å². The number of carbonyl (C=O) groups excluding carboxylic acids is 1. The van der Waals surface area contributed by atoms with Gasteiger partial charge in [0.05, 0.1) is 0 Å². The van der Waals surface area contributed by atoms with Crippen LogP contribution < -0.4 is 10.2 Å². The van der Waals surface area contributed by atoms with Crippen LogP contribution in [0.15, 0.2) is 60.7 Å². The zero-order valence-electron chi connectivity index (χ0n) is 13.1. The molecule has 0 radical (unpaired) electrons. The van der Waals surface area contributed by atoms with Crippen LogP contribution in [-0.4, -0.2) is 29.1 Å². The standard InChI is InChI=1S/C18H20N2O3/c1-13(19-15-9-5-3-6-10-15)17(21)20(14(2)18(22)23)16-11-7-4-8-12-16/h3-14,19H,1-2H3,(H,22,23). The second-order valence-electron chi connectivity index (χ2n) is 5.29. The van der Waals surface area contributed by atoms with Crippen molar-refractivity contribution in [2.24, 2.45) is 0 Å². The van der Waals surface area contributed by atoms with Crippen LogP contribution in [0.2, 0.25) is 0 Å². The van der Waals surface area contributed by atoms with Gasteiger partial charge in [-0.15, -0.1) is 0 Å². The third-order valence-electron chi connectivity index (χ3n) is 3.54. The summed E-state index contributed by atoms with van der Waals surface area (Å²) < 4.78 is 0. The van der Waals surface area contributed by atoms with E-state index in [9.17, 15) is 14.7 Å². The Kier molecular flexibility index (Phi) is 5.36. The molecule has 120 valence electrons. The Morgan fingerprint density at radius 3 is 2.00 bits per heavy atom. The summed E-state index contributed by atoms with van der Waals surface area (Å²) in [6.07, 6.45) is 0. The minimum Gasteiger partial charge on any atom is -0.480 e. The summed E-state index contributed by atoms with van der Waals surface area (Å²) in [5.74, 6) is -1.34. The highest BCUT2D eigenvalue weighted by Crippen LogP contribution is 2.19. The number of carbonyl (C=O) groups is 2. The van der Waals surface area contributed by atoms with E-state index >= 15 is 0 Å². The van der Waals surface area contributed by atoms with Gasteiger partial charge in [0.15, 0.2) is 0 Å². The van der Waals surface area contributed by atoms with E-state index in [0.717, 1.165) is 5.69 Å². The topological polar surface area (TPSA) is 69.6 Å². The summed E-state index contributed by atoms with van der Waals surface area (Å²) in [5.41, 5.74) is 1.37. The number of hydrogen-bond acceptors (Lipinski definition) is 3. The number of benzene rings is 2. The number of rotatable bonds is 6. The molecule has 2 N–H and O–H groups in total. The molecule has 0 spiro atoms. The normalized spacial score (nSPS) is 13.0. The minimum absolute atomic E-state index is 0.296. The fourth-order valence-corrected chi connectivity index (χ4v) is 2.30. The Morgan fingerprint density at radius 1 is 0.957 bits per heavy atom. The number of para-hydroxylation sites is 2. The minimum atomic E-state index is -1.05. The Balaban J connectivity index is 2.24. The van der Waals surface area contributed by atoms with E-state index in [0.29, 0.717) is 5.69 Å². The van der Waals surface area contributed by atoms with Gasteiger partial charge in [0, 0.05) is 11.4 Å². The molecule has 0 aliphatic heterocycles. The summed E-state index contributed by atoms with van der Waals surface area (Å²) in [7, 11) is 0. The van der Waals surface area contributed by atoms with Crippen molar-refractivity contribution in [3.05, 3.63) is 60.7 Å². The average molecular weight is 312 g/mol. The first kappa shape index (κ1) is 16.5. The summed E-state index contributed by atoms with van der Waals surface area (Å²) in [6, 6.07) is 16.7. The molecule has 2 rings (SSSR count). The van der Waals surface area contributed by atoms with E-state index in [-0.39, 0.29) is 5.91 Å². The third-order valence-corrected chi connectivity index (χ3v) is 3.54. The average Bonchev–Trinajstić information content (AvgIpc) is 2.56. The highest BCUT2D eigenvalue weighted by molar-refractivity contribution is 6.02. The summed E-state index contributed by atoms with van der Waals surface area (Å²) in [5, 5.41) is 12.4. The third kappa shape index (κ3) is 4.10. The highest BCUT2D eigenvalue weighted by Gasteiger charge is 2.30. The number of amides is 1. The summed E-state index contributed by atoms with van der Waals surface area (Å²) in [6.45, 7) is 3.22. The van der Waals surface area contributed by atoms with Gasteiger partial charge in [-0.25, -0.2) is 4.79 Å². The molecule has 2 aromatic rings. The molecular weight excluding hydrogens is 292 g/mol. The Hall–Kier alpha value is -2.82. The van der Waals surface area contributed by atoms with Crippen LogP contribution in [0.1, 0.15) is 13.8 Å². The van der Waals surface area contributed by atoms with E-state index in [1.54, 1.807) is 31.2 Å². The monoisotopic (exact) mass is 312 g/mol. The second-order valence-corrected chi connectivity index (χ2v) is 5.29. The molecule has 0 fully saturated rings. The predicted octanol–water partition coefficient (Wildman–Crippen LogP) is 2.99. The van der Waals surface area contributed by atoms with Crippen LogP contribution in [0.4, 0.5) is 11.4 Å². The molecule has 1 amide bonds. The number of hydrogen-bond donors (Lipinski definition) is 2. The lowest BCUT2D eigenvalue weighted by Gasteiger charge is -2.29. The lowest BCUT2D eigenvalue weighted by Crippen LogP contribution is -2.49. The van der Waals surface area contributed by atoms with Crippen LogP contribution in [-0.2, 0) is 9.59 Å². The van der Waals surface area contributed by atoms with Crippen molar-refractivity contribution in [1.82, 2.24) is 0 Å². The predicted molar refractivity (Wildman–Crippen MR) is 90.6 cm³/mol. The molecule has 0 aromatic heterocycles. The molecule has 2 aromatic carbocycles. The van der Waals surface area contributed by atoms with Gasteiger partial charge in [-0.1, -0.05) is 36.4 Å². The fraction of sp³-hybridized carbons (Fsp3) is 0.222. The van der Waals surface area contributed by atoms with Gasteiger partial charge in [-0.05, 0) is 38.1 Å². The molecular formula is C18H20N2O3. The van der Waals surface area contributed by atoms with Crippen LogP contribution in [0.25, 0.3) is 0 Å². The van der Waals surface area contributed by atoms with Gasteiger partial charge >= 0.3 is 5.97 Å². The maximum atomic E-state index is 12.8. The van der Waals surface area contributed by atoms with E-state index in [2.05, 4.69) is 5.32 Å². The fourth-order valence-electron chi connectivity index (χ4n) is 2.30. The van der Waals surface area contributed by atoms with Crippen LogP contribution in [0.5, 0.6) is 0 Å². The van der Waals surface area contributed by atoms with Crippen molar-refractivity contribution < 1.29 is 14.7 Å². The largest absolute Gasteiger partial charge is 0.480 e. The number of carboxylic acids is 1. The molecule has 0 heterocycles. The SMILES string of the molecule is CC(Nc1ccccc1)C(=O)N(c1ccccc1)C(C)C(=O)O. The molecule has 5 heteroatoms. The van der Waals surface area contributed by atoms with Crippen molar-refractivity contribution >= 4 is 23.3 Å². The van der Waals surface area contributed by atoms with Gasteiger partial charge in [0.2, 0.25) is 5.91 Å². The van der Waals surface area contributed by atoms with Crippen molar-refractivity contribution in [2.75, 3.05) is 10.2 Å². The van der Waals surface area contributed by atoms with Gasteiger partial charge in [-0.3, -0.25) is 9.69 Å². The van der Waals surface area contributed by atoms with Crippen molar-refractivity contribution in [2.45, 2.75) is 25.9 Å². The van der Waals surface area contributed by atoms with Crippen molar-refractivity contribution in [1.29, 1.82) is 0 Å². The van der Waals surface area contributed by atoms with Crippen LogP contribution >= 0.6 is 0 Å². The number of aliphatic carboxylic acids is 1. The lowest BCUT2D eigenvalue weighted by molar-refractivity contribution is -0.139. The Morgan fingerprint density at radius 2 is 1.48 bits per heavy atom. The molecule has 5 nitrogen and oxygen atoms in total. The van der Waals surface area contributed by atoms with E-state index < -0.39 is 18.1 Å². The maximum Gasteiger partial charge on any atom is 0.326 e. The molecule has 0 saturated carbocycles.